The molecule has 0 aliphatic carbocycles. The van der Waals surface area contributed by atoms with Crippen molar-refractivity contribution < 1.29 is 4.74 Å². The van der Waals surface area contributed by atoms with Gasteiger partial charge in [-0.3, -0.25) is 0 Å². The topological polar surface area (TPSA) is 45.1 Å². The Kier molecular flexibility index (Phi) is 5.47. The van der Waals surface area contributed by atoms with Gasteiger partial charge in [-0.1, -0.05) is 48.0 Å². The van der Waals surface area contributed by atoms with Gasteiger partial charge in [0.05, 0.1) is 0 Å². The largest absolute Gasteiger partial charge is 0.492 e. The van der Waals surface area contributed by atoms with Gasteiger partial charge >= 0.3 is 0 Å². The highest BCUT2D eigenvalue weighted by molar-refractivity contribution is 6.30. The van der Waals surface area contributed by atoms with Crippen LogP contribution >= 0.6 is 11.6 Å². The summed E-state index contributed by atoms with van der Waals surface area (Å²) >= 11 is 5.88. The van der Waals surface area contributed by atoms with E-state index in [4.69, 9.17) is 21.7 Å². The standard InChI is InChI=1S/C20H19ClN2O/c21-17-8-5-15(6-9-17)14-23-11-12-24-20-10-7-16(13-22)18-3-1-2-4-19(18)20/h1-10,13,22-23H,11-12,14H2. The third kappa shape index (κ3) is 3.94. The van der Waals surface area contributed by atoms with Crippen LogP contribution in [-0.4, -0.2) is 19.4 Å². The first kappa shape index (κ1) is 16.5. The molecule has 0 unspecified atom stereocenters. The van der Waals surface area contributed by atoms with Gasteiger partial charge in [-0.25, -0.2) is 0 Å². The van der Waals surface area contributed by atoms with Gasteiger partial charge in [0.2, 0.25) is 0 Å². The molecule has 3 aromatic carbocycles. The molecule has 122 valence electrons. The van der Waals surface area contributed by atoms with E-state index in [2.05, 4.69) is 5.32 Å². The SMILES string of the molecule is N=Cc1ccc(OCCNCc2ccc(Cl)cc2)c2ccccc12. The smallest absolute Gasteiger partial charge is 0.127 e. The molecule has 3 aromatic rings. The molecule has 2 N–H and O–H groups in total. The number of nitrogens with one attached hydrogen (secondary N) is 2. The summed E-state index contributed by atoms with van der Waals surface area (Å²) in [7, 11) is 0. The number of fused-ring (bicyclic) bond motifs is 1. The maximum atomic E-state index is 7.50. The van der Waals surface area contributed by atoms with Crippen molar-refractivity contribution >= 4 is 28.6 Å². The van der Waals surface area contributed by atoms with Gasteiger partial charge in [-0.2, -0.15) is 0 Å². The zero-order chi connectivity index (χ0) is 16.8. The first-order valence-electron chi connectivity index (χ1n) is 7.88. The molecule has 0 saturated carbocycles. The van der Waals surface area contributed by atoms with E-state index < -0.39 is 0 Å². The Bertz CT molecular complexity index is 831. The summed E-state index contributed by atoms with van der Waals surface area (Å²) < 4.78 is 5.92. The Labute approximate surface area is 146 Å². The minimum Gasteiger partial charge on any atom is -0.492 e. The van der Waals surface area contributed by atoms with E-state index in [0.29, 0.717) is 6.61 Å². The molecule has 0 heterocycles. The molecule has 0 bridgehead atoms. The van der Waals surface area contributed by atoms with E-state index in [1.54, 1.807) is 0 Å². The fraction of sp³-hybridized carbons (Fsp3) is 0.150. The second-order valence-corrected chi connectivity index (χ2v) is 5.93. The van der Waals surface area contributed by atoms with E-state index in [1.807, 2.05) is 60.7 Å². The van der Waals surface area contributed by atoms with Crippen LogP contribution in [0, 0.1) is 5.41 Å². The van der Waals surface area contributed by atoms with Crippen molar-refractivity contribution in [3.63, 3.8) is 0 Å². The van der Waals surface area contributed by atoms with E-state index in [-0.39, 0.29) is 0 Å². The summed E-state index contributed by atoms with van der Waals surface area (Å²) in [5.74, 6) is 0.851. The molecule has 0 saturated heterocycles. The highest BCUT2D eigenvalue weighted by Crippen LogP contribution is 2.27. The van der Waals surface area contributed by atoms with E-state index in [9.17, 15) is 0 Å². The van der Waals surface area contributed by atoms with Crippen LogP contribution in [0.2, 0.25) is 5.02 Å². The average molecular weight is 339 g/mol. The Balaban J connectivity index is 1.56. The number of benzene rings is 3. The number of halogens is 1. The van der Waals surface area contributed by atoms with Crippen molar-refractivity contribution in [2.24, 2.45) is 0 Å². The molecule has 3 nitrogen and oxygen atoms in total. The van der Waals surface area contributed by atoms with Crippen molar-refractivity contribution in [2.45, 2.75) is 6.54 Å². The summed E-state index contributed by atoms with van der Waals surface area (Å²) in [5.41, 5.74) is 2.10. The average Bonchev–Trinajstić information content (AvgIpc) is 2.63. The molecule has 24 heavy (non-hydrogen) atoms. The lowest BCUT2D eigenvalue weighted by Crippen LogP contribution is -2.20. The van der Waals surface area contributed by atoms with Gasteiger partial charge < -0.3 is 15.5 Å². The molecular formula is C20H19ClN2O. The van der Waals surface area contributed by atoms with Gasteiger partial charge in [0.25, 0.3) is 0 Å². The van der Waals surface area contributed by atoms with E-state index in [1.165, 1.54) is 11.8 Å². The number of rotatable bonds is 7. The van der Waals surface area contributed by atoms with Gasteiger partial charge in [0.15, 0.2) is 0 Å². The molecular weight excluding hydrogens is 320 g/mol. The fourth-order valence-corrected chi connectivity index (χ4v) is 2.74. The molecule has 0 atom stereocenters. The Morgan fingerprint density at radius 2 is 1.71 bits per heavy atom. The summed E-state index contributed by atoms with van der Waals surface area (Å²) in [6.07, 6.45) is 1.37. The van der Waals surface area contributed by atoms with Crippen LogP contribution in [-0.2, 0) is 6.54 Å². The maximum Gasteiger partial charge on any atom is 0.127 e. The van der Waals surface area contributed by atoms with Crippen LogP contribution in [0.3, 0.4) is 0 Å². The van der Waals surface area contributed by atoms with Gasteiger partial charge in [0, 0.05) is 35.3 Å². The summed E-state index contributed by atoms with van der Waals surface area (Å²) in [6.45, 7) is 2.12. The van der Waals surface area contributed by atoms with Crippen molar-refractivity contribution in [1.29, 1.82) is 5.41 Å². The number of hydrogen-bond acceptors (Lipinski definition) is 3. The molecule has 0 amide bonds. The second-order valence-electron chi connectivity index (χ2n) is 5.49. The van der Waals surface area contributed by atoms with Gasteiger partial charge in [0.1, 0.15) is 12.4 Å². The predicted octanol–water partition coefficient (Wildman–Crippen LogP) is 4.66. The van der Waals surface area contributed by atoms with Crippen LogP contribution in [0.25, 0.3) is 10.8 Å². The summed E-state index contributed by atoms with van der Waals surface area (Å²) in [6, 6.07) is 19.7. The third-order valence-electron chi connectivity index (χ3n) is 3.85. The predicted molar refractivity (Wildman–Crippen MR) is 100 cm³/mol. The Morgan fingerprint density at radius 3 is 2.46 bits per heavy atom. The summed E-state index contributed by atoms with van der Waals surface area (Å²) in [5, 5.41) is 13.7. The molecule has 0 spiro atoms. The molecule has 0 fully saturated rings. The number of ether oxygens (including phenoxy) is 1. The van der Waals surface area contributed by atoms with Crippen molar-refractivity contribution in [3.8, 4) is 5.75 Å². The molecule has 0 aliphatic rings. The Hall–Kier alpha value is -2.36. The van der Waals surface area contributed by atoms with Crippen molar-refractivity contribution in [2.75, 3.05) is 13.2 Å². The van der Waals surface area contributed by atoms with Gasteiger partial charge in [-0.15, -0.1) is 0 Å². The maximum absolute atomic E-state index is 7.50. The van der Waals surface area contributed by atoms with Crippen LogP contribution in [0.1, 0.15) is 11.1 Å². The quantitative estimate of drug-likeness (QED) is 0.486. The zero-order valence-electron chi connectivity index (χ0n) is 13.3. The van der Waals surface area contributed by atoms with Gasteiger partial charge in [-0.05, 0) is 35.2 Å². The zero-order valence-corrected chi connectivity index (χ0v) is 14.0. The third-order valence-corrected chi connectivity index (χ3v) is 4.10. The van der Waals surface area contributed by atoms with Crippen LogP contribution in [0.4, 0.5) is 0 Å². The first-order valence-corrected chi connectivity index (χ1v) is 8.26. The molecule has 3 rings (SSSR count). The lowest BCUT2D eigenvalue weighted by molar-refractivity contribution is 0.317. The highest BCUT2D eigenvalue weighted by Gasteiger charge is 2.05. The normalized spacial score (nSPS) is 10.7. The van der Waals surface area contributed by atoms with Crippen molar-refractivity contribution in [1.82, 2.24) is 5.32 Å². The molecule has 4 heteroatoms. The van der Waals surface area contributed by atoms with Crippen molar-refractivity contribution in [3.05, 3.63) is 76.8 Å². The minimum absolute atomic E-state index is 0.585. The van der Waals surface area contributed by atoms with Crippen LogP contribution < -0.4 is 10.1 Å². The fourth-order valence-electron chi connectivity index (χ4n) is 2.61. The van der Waals surface area contributed by atoms with E-state index in [0.717, 1.165) is 40.2 Å². The monoisotopic (exact) mass is 338 g/mol. The second kappa shape index (κ2) is 7.95. The minimum atomic E-state index is 0.585. The molecule has 0 radical (unpaired) electrons. The lowest BCUT2D eigenvalue weighted by Gasteiger charge is -2.11. The van der Waals surface area contributed by atoms with Crippen LogP contribution in [0.15, 0.2) is 60.7 Å². The summed E-state index contributed by atoms with van der Waals surface area (Å²) in [4.78, 5) is 0. The first-order chi connectivity index (χ1) is 11.8. The molecule has 0 aliphatic heterocycles. The van der Waals surface area contributed by atoms with Crippen LogP contribution in [0.5, 0.6) is 5.75 Å². The molecule has 0 aromatic heterocycles. The lowest BCUT2D eigenvalue weighted by atomic mass is 10.0. The highest BCUT2D eigenvalue weighted by atomic mass is 35.5. The Morgan fingerprint density at radius 1 is 0.958 bits per heavy atom. The van der Waals surface area contributed by atoms with E-state index >= 15 is 0 Å². The number of hydrogen-bond donors (Lipinski definition) is 2.